The second-order valence-corrected chi connectivity index (χ2v) is 8.82. The molecule has 28 heavy (non-hydrogen) atoms. The number of aryl methyl sites for hydroxylation is 1. The molecule has 0 bridgehead atoms. The second kappa shape index (κ2) is 8.16. The Labute approximate surface area is 174 Å². The fraction of sp³-hybridized carbons (Fsp3) is 0.458. The van der Waals surface area contributed by atoms with Crippen molar-refractivity contribution in [3.8, 4) is 5.75 Å². The van der Waals surface area contributed by atoms with Gasteiger partial charge in [0.1, 0.15) is 5.75 Å². The topological polar surface area (TPSA) is 24.8 Å². The number of fused-ring (bicyclic) bond motifs is 1. The van der Waals surface area contributed by atoms with Crippen molar-refractivity contribution in [3.63, 3.8) is 0 Å². The number of benzene rings is 2. The number of hydrogen-bond acceptors (Lipinski definition) is 3. The number of nitrogens with zero attached hydrogens (tertiary/aromatic N) is 2. The first-order valence-corrected chi connectivity index (χ1v) is 10.4. The minimum absolute atomic E-state index is 0.141. The number of halogens is 1. The Bertz CT molecular complexity index is 888. The SMILES string of the molecule is CCCN1c2cc(OC)c(C=Nc3ccc(C)c(Cl)c3)cc2C(C)CC1(C)C. The van der Waals surface area contributed by atoms with E-state index in [1.54, 1.807) is 7.11 Å². The average Bonchev–Trinajstić information content (AvgIpc) is 2.65. The van der Waals surface area contributed by atoms with Crippen LogP contribution in [0.25, 0.3) is 0 Å². The summed E-state index contributed by atoms with van der Waals surface area (Å²) < 4.78 is 5.73. The van der Waals surface area contributed by atoms with E-state index in [9.17, 15) is 0 Å². The van der Waals surface area contributed by atoms with Gasteiger partial charge in [0, 0.05) is 40.6 Å². The van der Waals surface area contributed by atoms with Crippen molar-refractivity contribution in [1.29, 1.82) is 0 Å². The quantitative estimate of drug-likeness (QED) is 0.511. The third-order valence-electron chi connectivity index (χ3n) is 5.69. The number of aliphatic imine (C=N–C) groups is 1. The molecule has 1 aliphatic heterocycles. The lowest BCUT2D eigenvalue weighted by molar-refractivity contribution is 0.372. The van der Waals surface area contributed by atoms with Crippen molar-refractivity contribution in [2.24, 2.45) is 4.99 Å². The molecule has 0 aliphatic carbocycles. The Kier molecular flexibility index (Phi) is 6.04. The lowest BCUT2D eigenvalue weighted by Gasteiger charge is -2.47. The van der Waals surface area contributed by atoms with Gasteiger partial charge in [-0.25, -0.2) is 0 Å². The van der Waals surface area contributed by atoms with Gasteiger partial charge in [-0.15, -0.1) is 0 Å². The van der Waals surface area contributed by atoms with Crippen molar-refractivity contribution in [3.05, 3.63) is 52.0 Å². The van der Waals surface area contributed by atoms with Crippen molar-refractivity contribution in [2.45, 2.75) is 58.9 Å². The molecule has 0 radical (unpaired) electrons. The predicted molar refractivity (Wildman–Crippen MR) is 121 cm³/mol. The van der Waals surface area contributed by atoms with Gasteiger partial charge in [0.05, 0.1) is 12.8 Å². The van der Waals surface area contributed by atoms with Crippen LogP contribution in [0, 0.1) is 6.92 Å². The third-order valence-corrected chi connectivity index (χ3v) is 6.10. The summed E-state index contributed by atoms with van der Waals surface area (Å²) in [6, 6.07) is 10.3. The molecule has 1 unspecified atom stereocenters. The summed E-state index contributed by atoms with van der Waals surface area (Å²) in [7, 11) is 1.73. The zero-order valence-electron chi connectivity index (χ0n) is 17.8. The van der Waals surface area contributed by atoms with Crippen LogP contribution in [0.5, 0.6) is 5.75 Å². The maximum atomic E-state index is 6.24. The molecule has 3 rings (SSSR count). The number of anilines is 1. The molecule has 0 N–H and O–H groups in total. The van der Waals surface area contributed by atoms with Crippen LogP contribution in [0.4, 0.5) is 11.4 Å². The molecule has 4 heteroatoms. The summed E-state index contributed by atoms with van der Waals surface area (Å²) in [5, 5.41) is 0.734. The van der Waals surface area contributed by atoms with E-state index >= 15 is 0 Å². The molecule has 3 nitrogen and oxygen atoms in total. The van der Waals surface area contributed by atoms with Crippen molar-refractivity contribution >= 4 is 29.2 Å². The summed E-state index contributed by atoms with van der Waals surface area (Å²) in [5.41, 5.74) is 5.70. The molecule has 1 heterocycles. The Morgan fingerprint density at radius 1 is 1.29 bits per heavy atom. The largest absolute Gasteiger partial charge is 0.496 e. The average molecular weight is 399 g/mol. The number of rotatable bonds is 5. The van der Waals surface area contributed by atoms with Crippen LogP contribution in [0.3, 0.4) is 0 Å². The second-order valence-electron chi connectivity index (χ2n) is 8.41. The van der Waals surface area contributed by atoms with Gasteiger partial charge in [0.25, 0.3) is 0 Å². The lowest BCUT2D eigenvalue weighted by atomic mass is 9.79. The maximum Gasteiger partial charge on any atom is 0.129 e. The molecule has 150 valence electrons. The molecule has 0 spiro atoms. The number of hydrogen-bond donors (Lipinski definition) is 0. The van der Waals surface area contributed by atoms with E-state index < -0.39 is 0 Å². The smallest absolute Gasteiger partial charge is 0.129 e. The van der Waals surface area contributed by atoms with Gasteiger partial charge in [-0.05, 0) is 68.9 Å². The van der Waals surface area contributed by atoms with Gasteiger partial charge in [0.2, 0.25) is 0 Å². The summed E-state index contributed by atoms with van der Waals surface area (Å²) in [6.45, 7) is 12.3. The van der Waals surface area contributed by atoms with Crippen LogP contribution in [-0.2, 0) is 0 Å². The standard InChI is InChI=1S/C24H31ClN2O/c1-7-10-27-22-13-23(28-6)18(11-20(22)17(3)14-24(27,4)5)15-26-19-9-8-16(2)21(25)12-19/h8-9,11-13,15,17H,7,10,14H2,1-6H3. The first kappa shape index (κ1) is 20.7. The van der Waals surface area contributed by atoms with Gasteiger partial charge < -0.3 is 9.64 Å². The molecule has 0 fully saturated rings. The summed E-state index contributed by atoms with van der Waals surface area (Å²) in [6.07, 6.45) is 4.14. The van der Waals surface area contributed by atoms with E-state index in [2.05, 4.69) is 49.7 Å². The molecule has 0 aromatic heterocycles. The van der Waals surface area contributed by atoms with Gasteiger partial charge in [-0.3, -0.25) is 4.99 Å². The zero-order valence-corrected chi connectivity index (χ0v) is 18.6. The Morgan fingerprint density at radius 3 is 2.68 bits per heavy atom. The van der Waals surface area contributed by atoms with Gasteiger partial charge >= 0.3 is 0 Å². The van der Waals surface area contributed by atoms with E-state index in [-0.39, 0.29) is 5.54 Å². The van der Waals surface area contributed by atoms with Crippen LogP contribution in [0.1, 0.15) is 63.1 Å². The third kappa shape index (κ3) is 4.05. The van der Waals surface area contributed by atoms with Gasteiger partial charge in [0.15, 0.2) is 0 Å². The van der Waals surface area contributed by atoms with Gasteiger partial charge in [-0.1, -0.05) is 31.5 Å². The van der Waals surface area contributed by atoms with Crippen molar-refractivity contribution in [2.75, 3.05) is 18.6 Å². The normalized spacial score (nSPS) is 18.4. The molecule has 1 atom stereocenters. The fourth-order valence-electron chi connectivity index (χ4n) is 4.26. The zero-order chi connectivity index (χ0) is 20.5. The molecular formula is C24H31ClN2O. The van der Waals surface area contributed by atoms with E-state index in [1.807, 2.05) is 31.3 Å². The highest BCUT2D eigenvalue weighted by molar-refractivity contribution is 6.31. The van der Waals surface area contributed by atoms with Crippen molar-refractivity contribution < 1.29 is 4.74 Å². The van der Waals surface area contributed by atoms with E-state index in [1.165, 1.54) is 11.3 Å². The number of methoxy groups -OCH3 is 1. The van der Waals surface area contributed by atoms with Crippen LogP contribution in [0.15, 0.2) is 35.3 Å². The lowest BCUT2D eigenvalue weighted by Crippen LogP contribution is -2.48. The highest BCUT2D eigenvalue weighted by Gasteiger charge is 2.36. The molecular weight excluding hydrogens is 368 g/mol. The maximum absolute atomic E-state index is 6.24. The minimum atomic E-state index is 0.141. The Balaban J connectivity index is 2.03. The minimum Gasteiger partial charge on any atom is -0.496 e. The number of ether oxygens (including phenoxy) is 1. The summed E-state index contributed by atoms with van der Waals surface area (Å²) in [5.74, 6) is 1.34. The summed E-state index contributed by atoms with van der Waals surface area (Å²) >= 11 is 6.24. The van der Waals surface area contributed by atoms with Crippen LogP contribution < -0.4 is 9.64 Å². The Morgan fingerprint density at radius 2 is 2.04 bits per heavy atom. The molecule has 0 saturated carbocycles. The molecule has 2 aromatic carbocycles. The Hall–Kier alpha value is -2.00. The molecule has 0 amide bonds. The molecule has 0 saturated heterocycles. The predicted octanol–water partition coefficient (Wildman–Crippen LogP) is 6.91. The van der Waals surface area contributed by atoms with E-state index in [0.29, 0.717) is 5.92 Å². The first-order valence-electron chi connectivity index (χ1n) is 10.1. The summed E-state index contributed by atoms with van der Waals surface area (Å²) in [4.78, 5) is 7.18. The van der Waals surface area contributed by atoms with Crippen molar-refractivity contribution in [1.82, 2.24) is 0 Å². The van der Waals surface area contributed by atoms with E-state index in [0.717, 1.165) is 47.0 Å². The van der Waals surface area contributed by atoms with E-state index in [4.69, 9.17) is 16.3 Å². The molecule has 1 aliphatic rings. The van der Waals surface area contributed by atoms with Crippen LogP contribution in [-0.4, -0.2) is 25.4 Å². The van der Waals surface area contributed by atoms with Gasteiger partial charge in [-0.2, -0.15) is 0 Å². The highest BCUT2D eigenvalue weighted by Crippen LogP contribution is 2.45. The van der Waals surface area contributed by atoms with Crippen LogP contribution in [0.2, 0.25) is 5.02 Å². The monoisotopic (exact) mass is 398 g/mol. The highest BCUT2D eigenvalue weighted by atomic mass is 35.5. The van der Waals surface area contributed by atoms with Crippen LogP contribution >= 0.6 is 11.6 Å². The first-order chi connectivity index (χ1) is 13.3. The fourth-order valence-corrected chi connectivity index (χ4v) is 4.43. The molecule has 2 aromatic rings.